The van der Waals surface area contributed by atoms with Crippen LogP contribution in [0.3, 0.4) is 0 Å². The van der Waals surface area contributed by atoms with Crippen LogP contribution in [-0.4, -0.2) is 29.9 Å². The van der Waals surface area contributed by atoms with Gasteiger partial charge in [-0.05, 0) is 23.8 Å². The molecule has 1 heterocycles. The Balaban J connectivity index is 2.11. The zero-order chi connectivity index (χ0) is 13.2. The van der Waals surface area contributed by atoms with Crippen molar-refractivity contribution >= 4 is 11.8 Å². The van der Waals surface area contributed by atoms with Crippen LogP contribution in [0.1, 0.15) is 18.0 Å². The predicted molar refractivity (Wildman–Crippen MR) is 64.5 cm³/mol. The molecule has 100 valence electrons. The molecule has 0 saturated heterocycles. The zero-order valence-corrected chi connectivity index (χ0v) is 10.4. The van der Waals surface area contributed by atoms with E-state index in [-0.39, 0.29) is 11.9 Å². The maximum Gasteiger partial charge on any atom is 0.282 e. The molecule has 0 fully saturated rings. The van der Waals surface area contributed by atoms with E-state index in [1.807, 2.05) is 0 Å². The van der Waals surface area contributed by atoms with Crippen molar-refractivity contribution in [3.63, 3.8) is 0 Å². The van der Waals surface area contributed by atoms with E-state index < -0.39 is 19.1 Å². The van der Waals surface area contributed by atoms with Crippen LogP contribution in [0.2, 0.25) is 0 Å². The van der Waals surface area contributed by atoms with E-state index in [2.05, 4.69) is 5.32 Å². The fourth-order valence-electron chi connectivity index (χ4n) is 1.93. The van der Waals surface area contributed by atoms with Gasteiger partial charge in [0.2, 0.25) is 0 Å². The van der Waals surface area contributed by atoms with Gasteiger partial charge >= 0.3 is 0 Å². The smallest absolute Gasteiger partial charge is 0.282 e. The van der Waals surface area contributed by atoms with Crippen LogP contribution in [-0.2, 0) is 0 Å². The second-order valence-electron chi connectivity index (χ2n) is 4.24. The first kappa shape index (κ1) is 13.7. The van der Waals surface area contributed by atoms with Crippen molar-refractivity contribution in [3.8, 4) is 0 Å². The molecule has 6 heteroatoms. The lowest BCUT2D eigenvalue weighted by Gasteiger charge is -2.27. The normalized spacial score (nSPS) is 19.7. The van der Waals surface area contributed by atoms with Gasteiger partial charge < -0.3 is 10.4 Å². The number of aliphatic hydroxyl groups excluding tert-OH is 1. The molecule has 0 spiro atoms. The number of alkyl halides is 2. The van der Waals surface area contributed by atoms with Gasteiger partial charge in [-0.15, -0.1) is 11.8 Å². The average molecular weight is 277 g/mol. The fraction of sp³-hybridized carbons (Fsp3) is 0.500. The van der Waals surface area contributed by atoms with Crippen LogP contribution in [0.25, 0.3) is 0 Å². The topological polar surface area (TPSA) is 32.3 Å². The van der Waals surface area contributed by atoms with E-state index in [4.69, 9.17) is 5.11 Å². The van der Waals surface area contributed by atoms with Crippen LogP contribution >= 0.6 is 11.8 Å². The van der Waals surface area contributed by atoms with Gasteiger partial charge in [0.25, 0.3) is 5.92 Å². The zero-order valence-electron chi connectivity index (χ0n) is 9.63. The van der Waals surface area contributed by atoms with Gasteiger partial charge in [-0.2, -0.15) is 0 Å². The van der Waals surface area contributed by atoms with Gasteiger partial charge in [-0.25, -0.2) is 13.2 Å². The number of aliphatic hydroxyl groups is 1. The molecular weight excluding hydrogens is 263 g/mol. The van der Waals surface area contributed by atoms with E-state index in [0.717, 1.165) is 5.56 Å². The van der Waals surface area contributed by atoms with Crippen molar-refractivity contribution in [2.45, 2.75) is 23.3 Å². The average Bonchev–Trinajstić information content (AvgIpc) is 2.37. The maximum absolute atomic E-state index is 13.5. The standard InChI is InChI=1S/C12H14F3NOS/c13-9-3-1-2-8-10(4-5-18-11(8)9)16-6-12(14,15)7-17/h1-3,10,16-17H,4-7H2. The molecule has 1 atom stereocenters. The summed E-state index contributed by atoms with van der Waals surface area (Å²) in [6.45, 7) is -1.79. The van der Waals surface area contributed by atoms with E-state index in [1.54, 1.807) is 12.1 Å². The summed E-state index contributed by atoms with van der Waals surface area (Å²) in [4.78, 5) is 0.536. The van der Waals surface area contributed by atoms with E-state index in [0.29, 0.717) is 17.1 Å². The Morgan fingerprint density at radius 2 is 2.22 bits per heavy atom. The molecule has 0 radical (unpaired) electrons. The summed E-state index contributed by atoms with van der Waals surface area (Å²) in [7, 11) is 0. The number of hydrogen-bond donors (Lipinski definition) is 2. The first-order valence-electron chi connectivity index (χ1n) is 5.67. The SMILES string of the molecule is OCC(F)(F)CNC1CCSc2c(F)cccc21. The van der Waals surface area contributed by atoms with Crippen molar-refractivity contribution in [2.24, 2.45) is 0 Å². The quantitative estimate of drug-likeness (QED) is 0.887. The van der Waals surface area contributed by atoms with Crippen molar-refractivity contribution < 1.29 is 18.3 Å². The van der Waals surface area contributed by atoms with Crippen molar-refractivity contribution in [1.82, 2.24) is 5.32 Å². The van der Waals surface area contributed by atoms with Crippen molar-refractivity contribution in [3.05, 3.63) is 29.6 Å². The Hall–Kier alpha value is -0.720. The molecule has 0 bridgehead atoms. The summed E-state index contributed by atoms with van der Waals surface area (Å²) >= 11 is 1.41. The van der Waals surface area contributed by atoms with Crippen LogP contribution in [0.4, 0.5) is 13.2 Å². The molecule has 1 unspecified atom stereocenters. The third-order valence-corrected chi connectivity index (χ3v) is 4.02. The number of fused-ring (bicyclic) bond motifs is 1. The van der Waals surface area contributed by atoms with Crippen LogP contribution in [0.15, 0.2) is 23.1 Å². The second kappa shape index (κ2) is 5.50. The molecule has 2 rings (SSSR count). The number of rotatable bonds is 4. The van der Waals surface area contributed by atoms with Crippen LogP contribution in [0, 0.1) is 5.82 Å². The van der Waals surface area contributed by atoms with Gasteiger partial charge in [0.05, 0.1) is 6.54 Å². The van der Waals surface area contributed by atoms with Crippen LogP contribution < -0.4 is 5.32 Å². The van der Waals surface area contributed by atoms with Gasteiger partial charge in [-0.1, -0.05) is 12.1 Å². The lowest BCUT2D eigenvalue weighted by molar-refractivity contribution is -0.0495. The summed E-state index contributed by atoms with van der Waals surface area (Å²) in [5.41, 5.74) is 0.722. The number of thioether (sulfide) groups is 1. The van der Waals surface area contributed by atoms with Gasteiger partial charge in [0.15, 0.2) is 0 Å². The largest absolute Gasteiger partial charge is 0.390 e. The predicted octanol–water partition coefficient (Wildman–Crippen LogP) is 2.58. The molecule has 2 N–H and O–H groups in total. The first-order valence-corrected chi connectivity index (χ1v) is 6.65. The molecule has 1 aliphatic heterocycles. The number of benzene rings is 1. The molecule has 18 heavy (non-hydrogen) atoms. The highest BCUT2D eigenvalue weighted by molar-refractivity contribution is 7.99. The number of hydrogen-bond acceptors (Lipinski definition) is 3. The minimum Gasteiger partial charge on any atom is -0.390 e. The number of nitrogens with one attached hydrogen (secondary N) is 1. The lowest BCUT2D eigenvalue weighted by atomic mass is 10.0. The van der Waals surface area contributed by atoms with Crippen molar-refractivity contribution in [2.75, 3.05) is 18.9 Å². The van der Waals surface area contributed by atoms with Crippen molar-refractivity contribution in [1.29, 1.82) is 0 Å². The molecule has 1 aliphatic rings. The van der Waals surface area contributed by atoms with E-state index in [1.165, 1.54) is 17.8 Å². The van der Waals surface area contributed by atoms with Gasteiger partial charge in [0.1, 0.15) is 12.4 Å². The molecule has 0 aromatic heterocycles. The molecule has 1 aromatic carbocycles. The lowest BCUT2D eigenvalue weighted by Crippen LogP contribution is -2.38. The Kier molecular flexibility index (Phi) is 4.19. The molecule has 1 aromatic rings. The Morgan fingerprint density at radius 1 is 1.44 bits per heavy atom. The van der Waals surface area contributed by atoms with Gasteiger partial charge in [0, 0.05) is 10.9 Å². The summed E-state index contributed by atoms with van der Waals surface area (Å²) < 4.78 is 39.5. The summed E-state index contributed by atoms with van der Waals surface area (Å²) in [6.07, 6.45) is 0.669. The number of halogens is 3. The summed E-state index contributed by atoms with van der Waals surface area (Å²) in [6, 6.07) is 4.42. The second-order valence-corrected chi connectivity index (χ2v) is 5.35. The minimum absolute atomic E-state index is 0.283. The minimum atomic E-state index is -3.14. The highest BCUT2D eigenvalue weighted by Gasteiger charge is 2.30. The van der Waals surface area contributed by atoms with E-state index >= 15 is 0 Å². The summed E-state index contributed by atoms with van der Waals surface area (Å²) in [5.74, 6) is -2.76. The maximum atomic E-state index is 13.5. The Bertz CT molecular complexity index is 428. The molecule has 0 aliphatic carbocycles. The third kappa shape index (κ3) is 2.99. The monoisotopic (exact) mass is 277 g/mol. The molecule has 0 saturated carbocycles. The molecule has 2 nitrogen and oxygen atoms in total. The van der Waals surface area contributed by atoms with E-state index in [9.17, 15) is 13.2 Å². The highest BCUT2D eigenvalue weighted by Crippen LogP contribution is 2.37. The Morgan fingerprint density at radius 3 is 2.94 bits per heavy atom. The third-order valence-electron chi connectivity index (χ3n) is 2.86. The summed E-state index contributed by atoms with van der Waals surface area (Å²) in [5, 5.41) is 11.2. The fourth-order valence-corrected chi connectivity index (χ4v) is 3.07. The molecule has 0 amide bonds. The van der Waals surface area contributed by atoms with Gasteiger partial charge in [-0.3, -0.25) is 0 Å². The first-order chi connectivity index (χ1) is 8.53. The highest BCUT2D eigenvalue weighted by atomic mass is 32.2. The molecular formula is C12H14F3NOS. The van der Waals surface area contributed by atoms with Crippen LogP contribution in [0.5, 0.6) is 0 Å². The Labute approximate surface area is 108 Å².